The zero-order valence-electron chi connectivity index (χ0n) is 7.66. The largest absolute Gasteiger partial charge is 0.397 e. The predicted molar refractivity (Wildman–Crippen MR) is 55.1 cm³/mol. The quantitative estimate of drug-likeness (QED) is 0.650. The van der Waals surface area contributed by atoms with Gasteiger partial charge in [-0.15, -0.1) is 11.3 Å². The monoisotopic (exact) mass is 213 g/mol. The fourth-order valence-corrected chi connectivity index (χ4v) is 1.57. The van der Waals surface area contributed by atoms with E-state index in [9.17, 15) is 9.59 Å². The average molecular weight is 213 g/mol. The molecule has 0 aromatic carbocycles. The van der Waals surface area contributed by atoms with Crippen molar-refractivity contribution in [3.8, 4) is 0 Å². The van der Waals surface area contributed by atoms with Gasteiger partial charge in [0.2, 0.25) is 5.91 Å². The van der Waals surface area contributed by atoms with Gasteiger partial charge in [-0.25, -0.2) is 0 Å². The maximum absolute atomic E-state index is 11.4. The van der Waals surface area contributed by atoms with Gasteiger partial charge >= 0.3 is 0 Å². The van der Waals surface area contributed by atoms with Gasteiger partial charge in [0, 0.05) is 7.05 Å². The van der Waals surface area contributed by atoms with E-state index in [0.29, 0.717) is 10.6 Å². The minimum absolute atomic E-state index is 0.0350. The Morgan fingerprint density at radius 2 is 2.29 bits per heavy atom. The van der Waals surface area contributed by atoms with Crippen LogP contribution in [0.4, 0.5) is 5.69 Å². The van der Waals surface area contributed by atoms with E-state index in [1.165, 1.54) is 18.4 Å². The van der Waals surface area contributed by atoms with E-state index >= 15 is 0 Å². The van der Waals surface area contributed by atoms with Crippen molar-refractivity contribution in [3.63, 3.8) is 0 Å². The van der Waals surface area contributed by atoms with Gasteiger partial charge in [0.05, 0.1) is 12.2 Å². The molecule has 1 rings (SSSR count). The number of anilines is 1. The Balaban J connectivity index is 2.52. The van der Waals surface area contributed by atoms with Crippen LogP contribution in [0.25, 0.3) is 0 Å². The minimum atomic E-state index is -0.318. The molecule has 0 spiro atoms. The number of carbonyl (C=O) groups is 2. The van der Waals surface area contributed by atoms with Crippen molar-refractivity contribution in [3.05, 3.63) is 16.3 Å². The van der Waals surface area contributed by atoms with Crippen LogP contribution < -0.4 is 16.4 Å². The standard InChI is InChI=1S/C8H11N3O2S/c1-10-6(12)4-11-8(13)7-5(9)2-3-14-7/h2-3H,4,9H2,1H3,(H,10,12)(H,11,13). The number of likely N-dealkylation sites (N-methyl/N-ethyl adjacent to an activating group) is 1. The lowest BCUT2D eigenvalue weighted by Gasteiger charge is -2.02. The number of amides is 2. The van der Waals surface area contributed by atoms with Crippen LogP contribution in [0.15, 0.2) is 11.4 Å². The highest BCUT2D eigenvalue weighted by atomic mass is 32.1. The first-order valence-corrected chi connectivity index (χ1v) is 4.85. The number of nitrogens with two attached hydrogens (primary N) is 1. The third kappa shape index (κ3) is 2.46. The second kappa shape index (κ2) is 4.61. The van der Waals surface area contributed by atoms with Crippen molar-refractivity contribution >= 4 is 28.8 Å². The predicted octanol–water partition coefficient (Wildman–Crippen LogP) is -0.194. The number of carbonyl (C=O) groups excluding carboxylic acids is 2. The highest BCUT2D eigenvalue weighted by Crippen LogP contribution is 2.17. The van der Waals surface area contributed by atoms with Crippen LogP contribution in [0.3, 0.4) is 0 Å². The number of hydrogen-bond acceptors (Lipinski definition) is 4. The van der Waals surface area contributed by atoms with Crippen LogP contribution in [0.1, 0.15) is 9.67 Å². The lowest BCUT2D eigenvalue weighted by atomic mass is 10.4. The SMILES string of the molecule is CNC(=O)CNC(=O)c1sccc1N. The van der Waals surface area contributed by atoms with Crippen LogP contribution in [-0.2, 0) is 4.79 Å². The minimum Gasteiger partial charge on any atom is -0.397 e. The van der Waals surface area contributed by atoms with Gasteiger partial charge in [0.1, 0.15) is 4.88 Å². The van der Waals surface area contributed by atoms with Crippen molar-refractivity contribution in [2.75, 3.05) is 19.3 Å². The summed E-state index contributed by atoms with van der Waals surface area (Å²) in [6.45, 7) is -0.0350. The summed E-state index contributed by atoms with van der Waals surface area (Å²) in [5.74, 6) is -0.561. The van der Waals surface area contributed by atoms with E-state index < -0.39 is 0 Å². The normalized spacial score (nSPS) is 9.50. The number of nitrogen functional groups attached to an aromatic ring is 1. The molecule has 1 aromatic heterocycles. The van der Waals surface area contributed by atoms with Crippen LogP contribution in [0, 0.1) is 0 Å². The number of thiophene rings is 1. The van der Waals surface area contributed by atoms with E-state index in [-0.39, 0.29) is 18.4 Å². The zero-order chi connectivity index (χ0) is 10.6. The van der Waals surface area contributed by atoms with E-state index in [4.69, 9.17) is 5.73 Å². The third-order valence-electron chi connectivity index (χ3n) is 1.59. The van der Waals surface area contributed by atoms with Crippen LogP contribution in [0.2, 0.25) is 0 Å². The average Bonchev–Trinajstić information content (AvgIpc) is 2.60. The van der Waals surface area contributed by atoms with Gasteiger partial charge in [-0.1, -0.05) is 0 Å². The first-order chi connectivity index (χ1) is 6.65. The van der Waals surface area contributed by atoms with Crippen molar-refractivity contribution in [1.29, 1.82) is 0 Å². The molecule has 5 nitrogen and oxygen atoms in total. The van der Waals surface area contributed by atoms with Gasteiger partial charge in [0.15, 0.2) is 0 Å². The van der Waals surface area contributed by atoms with Crippen LogP contribution in [0.5, 0.6) is 0 Å². The zero-order valence-corrected chi connectivity index (χ0v) is 8.48. The Bertz CT molecular complexity index is 348. The molecule has 0 saturated carbocycles. The summed E-state index contributed by atoms with van der Waals surface area (Å²) in [6.07, 6.45) is 0. The third-order valence-corrected chi connectivity index (χ3v) is 2.52. The molecule has 2 amide bonds. The molecule has 0 bridgehead atoms. The molecule has 0 radical (unpaired) electrons. The number of nitrogens with one attached hydrogen (secondary N) is 2. The lowest BCUT2D eigenvalue weighted by Crippen LogP contribution is -2.35. The van der Waals surface area contributed by atoms with Gasteiger partial charge in [-0.05, 0) is 11.4 Å². The summed E-state index contributed by atoms with van der Waals surface area (Å²) >= 11 is 1.25. The molecule has 0 aliphatic rings. The van der Waals surface area contributed by atoms with Crippen molar-refractivity contribution in [2.45, 2.75) is 0 Å². The summed E-state index contributed by atoms with van der Waals surface area (Å²) in [6, 6.07) is 1.65. The van der Waals surface area contributed by atoms with Crippen LogP contribution >= 0.6 is 11.3 Å². The smallest absolute Gasteiger partial charge is 0.263 e. The summed E-state index contributed by atoms with van der Waals surface area (Å²) in [5, 5.41) is 6.58. The summed E-state index contributed by atoms with van der Waals surface area (Å²) in [5.41, 5.74) is 5.96. The molecule has 1 aromatic rings. The molecule has 0 fully saturated rings. The van der Waals surface area contributed by atoms with Crippen molar-refractivity contribution < 1.29 is 9.59 Å². The molecular formula is C8H11N3O2S. The highest BCUT2D eigenvalue weighted by molar-refractivity contribution is 7.12. The second-order valence-corrected chi connectivity index (χ2v) is 3.48. The Morgan fingerprint density at radius 1 is 1.57 bits per heavy atom. The van der Waals surface area contributed by atoms with Crippen molar-refractivity contribution in [1.82, 2.24) is 10.6 Å². The highest BCUT2D eigenvalue weighted by Gasteiger charge is 2.11. The van der Waals surface area contributed by atoms with Gasteiger partial charge < -0.3 is 16.4 Å². The Labute approximate surface area is 85.3 Å². The van der Waals surface area contributed by atoms with E-state index in [1.807, 2.05) is 0 Å². The molecule has 1 heterocycles. The van der Waals surface area contributed by atoms with E-state index in [1.54, 1.807) is 11.4 Å². The van der Waals surface area contributed by atoms with Crippen molar-refractivity contribution in [2.24, 2.45) is 0 Å². The van der Waals surface area contributed by atoms with Gasteiger partial charge in [0.25, 0.3) is 5.91 Å². The molecule has 14 heavy (non-hydrogen) atoms. The Morgan fingerprint density at radius 3 is 2.79 bits per heavy atom. The lowest BCUT2D eigenvalue weighted by molar-refractivity contribution is -0.119. The molecule has 6 heteroatoms. The van der Waals surface area contributed by atoms with E-state index in [0.717, 1.165) is 0 Å². The fourth-order valence-electron chi connectivity index (χ4n) is 0.833. The van der Waals surface area contributed by atoms with Gasteiger partial charge in [-0.3, -0.25) is 9.59 Å². The number of hydrogen-bond donors (Lipinski definition) is 3. The molecule has 4 N–H and O–H groups in total. The maximum atomic E-state index is 11.4. The second-order valence-electron chi connectivity index (χ2n) is 2.56. The number of rotatable bonds is 3. The fraction of sp³-hybridized carbons (Fsp3) is 0.250. The summed E-state index contributed by atoms with van der Waals surface area (Å²) < 4.78 is 0. The molecule has 0 aliphatic heterocycles. The Hall–Kier alpha value is -1.56. The summed E-state index contributed by atoms with van der Waals surface area (Å²) in [4.78, 5) is 22.6. The summed E-state index contributed by atoms with van der Waals surface area (Å²) in [7, 11) is 1.51. The molecule has 0 saturated heterocycles. The maximum Gasteiger partial charge on any atom is 0.263 e. The first kappa shape index (κ1) is 10.5. The molecule has 0 atom stereocenters. The molecule has 0 unspecified atom stereocenters. The van der Waals surface area contributed by atoms with E-state index in [2.05, 4.69) is 10.6 Å². The topological polar surface area (TPSA) is 84.2 Å². The van der Waals surface area contributed by atoms with Crippen LogP contribution in [-0.4, -0.2) is 25.4 Å². The first-order valence-electron chi connectivity index (χ1n) is 3.97. The molecule has 76 valence electrons. The molecule has 0 aliphatic carbocycles. The molecular weight excluding hydrogens is 202 g/mol. The Kier molecular flexibility index (Phi) is 3.47. The van der Waals surface area contributed by atoms with Gasteiger partial charge in [-0.2, -0.15) is 0 Å².